The Morgan fingerprint density at radius 2 is 1.77 bits per heavy atom. The summed E-state index contributed by atoms with van der Waals surface area (Å²) in [5.74, 6) is 0.0360. The van der Waals surface area contributed by atoms with Crippen molar-refractivity contribution >= 4 is 17.3 Å². The molecule has 0 spiro atoms. The summed E-state index contributed by atoms with van der Waals surface area (Å²) in [6.07, 6.45) is 4.42. The highest BCUT2D eigenvalue weighted by atomic mass is 16.2. The maximum Gasteiger partial charge on any atom is 0.254 e. The molecule has 0 saturated carbocycles. The van der Waals surface area contributed by atoms with Crippen molar-refractivity contribution in [2.24, 2.45) is 5.73 Å². The fourth-order valence-electron chi connectivity index (χ4n) is 3.61. The standard InChI is InChI=1S/C24H22N4O2/c25-23(26)21-3-1-2-19(14-21)17-9-12-28(13-10-17)24(30)18-6-4-16(5-7-18)20-8-11-27-22(29)15-20/h1-9,11,14-15H,10,12-13H2,(H3,25,26)(H,27,29). The van der Waals surface area contributed by atoms with Gasteiger partial charge in [-0.15, -0.1) is 0 Å². The van der Waals surface area contributed by atoms with Gasteiger partial charge in [0.1, 0.15) is 5.84 Å². The van der Waals surface area contributed by atoms with Gasteiger partial charge in [0.25, 0.3) is 5.91 Å². The zero-order chi connectivity index (χ0) is 21.1. The summed E-state index contributed by atoms with van der Waals surface area (Å²) in [4.78, 5) is 28.8. The second-order valence-electron chi connectivity index (χ2n) is 7.24. The number of nitrogens with one attached hydrogen (secondary N) is 2. The van der Waals surface area contributed by atoms with Crippen molar-refractivity contribution in [2.45, 2.75) is 6.42 Å². The number of nitrogens with two attached hydrogens (primary N) is 1. The van der Waals surface area contributed by atoms with E-state index >= 15 is 0 Å². The zero-order valence-corrected chi connectivity index (χ0v) is 16.4. The van der Waals surface area contributed by atoms with Crippen LogP contribution in [0.5, 0.6) is 0 Å². The minimum atomic E-state index is -0.155. The van der Waals surface area contributed by atoms with Crippen LogP contribution < -0.4 is 11.3 Å². The van der Waals surface area contributed by atoms with Crippen molar-refractivity contribution in [2.75, 3.05) is 13.1 Å². The van der Waals surface area contributed by atoms with E-state index < -0.39 is 0 Å². The molecule has 6 heteroatoms. The highest BCUT2D eigenvalue weighted by Crippen LogP contribution is 2.25. The number of pyridine rings is 1. The van der Waals surface area contributed by atoms with E-state index in [1.807, 2.05) is 47.4 Å². The average Bonchev–Trinajstić information content (AvgIpc) is 2.79. The van der Waals surface area contributed by atoms with Gasteiger partial charge in [0.05, 0.1) is 0 Å². The number of amides is 1. The fraction of sp³-hybridized carbons (Fsp3) is 0.125. The van der Waals surface area contributed by atoms with E-state index in [2.05, 4.69) is 11.1 Å². The van der Waals surface area contributed by atoms with Crippen molar-refractivity contribution in [1.82, 2.24) is 9.88 Å². The number of hydrogen-bond donors (Lipinski definition) is 3. The lowest BCUT2D eigenvalue weighted by Gasteiger charge is -2.27. The number of amidine groups is 1. The van der Waals surface area contributed by atoms with E-state index in [0.717, 1.165) is 28.7 Å². The molecule has 150 valence electrons. The molecule has 1 amide bonds. The van der Waals surface area contributed by atoms with Gasteiger partial charge in [0, 0.05) is 36.5 Å². The number of nitrogen functional groups attached to an aromatic ring is 1. The molecule has 2 heterocycles. The molecule has 0 bridgehead atoms. The van der Waals surface area contributed by atoms with Crippen LogP contribution >= 0.6 is 0 Å². The van der Waals surface area contributed by atoms with Crippen molar-refractivity contribution < 1.29 is 4.79 Å². The number of carbonyl (C=O) groups excluding carboxylic acids is 1. The monoisotopic (exact) mass is 398 g/mol. The number of H-pyrrole nitrogens is 1. The van der Waals surface area contributed by atoms with Crippen LogP contribution in [0.4, 0.5) is 0 Å². The van der Waals surface area contributed by atoms with Gasteiger partial charge >= 0.3 is 0 Å². The molecule has 30 heavy (non-hydrogen) atoms. The summed E-state index contributed by atoms with van der Waals surface area (Å²) in [6, 6.07) is 18.3. The van der Waals surface area contributed by atoms with Crippen molar-refractivity contribution in [3.63, 3.8) is 0 Å². The van der Waals surface area contributed by atoms with E-state index in [1.165, 1.54) is 6.07 Å². The summed E-state index contributed by atoms with van der Waals surface area (Å²) < 4.78 is 0. The molecule has 0 radical (unpaired) electrons. The molecule has 1 aliphatic heterocycles. The van der Waals surface area contributed by atoms with E-state index in [4.69, 9.17) is 11.1 Å². The molecule has 6 nitrogen and oxygen atoms in total. The van der Waals surface area contributed by atoms with Crippen LogP contribution in [-0.2, 0) is 0 Å². The number of hydrogen-bond acceptors (Lipinski definition) is 3. The molecule has 1 aromatic heterocycles. The maximum absolute atomic E-state index is 12.9. The summed E-state index contributed by atoms with van der Waals surface area (Å²) in [5.41, 5.74) is 10.7. The van der Waals surface area contributed by atoms with Gasteiger partial charge in [-0.25, -0.2) is 0 Å². The molecule has 4 N–H and O–H groups in total. The van der Waals surface area contributed by atoms with Crippen LogP contribution in [0.2, 0.25) is 0 Å². The van der Waals surface area contributed by atoms with E-state index in [9.17, 15) is 9.59 Å². The van der Waals surface area contributed by atoms with Crippen molar-refractivity contribution in [1.29, 1.82) is 5.41 Å². The molecular formula is C24H22N4O2. The Hall–Kier alpha value is -3.93. The van der Waals surface area contributed by atoms with Gasteiger partial charge in [-0.2, -0.15) is 0 Å². The third-order valence-electron chi connectivity index (χ3n) is 5.28. The molecular weight excluding hydrogens is 376 g/mol. The Labute approximate surface area is 174 Å². The molecule has 0 saturated heterocycles. The summed E-state index contributed by atoms with van der Waals surface area (Å²) in [6.45, 7) is 1.17. The van der Waals surface area contributed by atoms with Gasteiger partial charge in [0.2, 0.25) is 5.56 Å². The SMILES string of the molecule is N=C(N)c1cccc(C2=CCN(C(=O)c3ccc(-c4cc[nH]c(=O)c4)cc3)CC2)c1. The number of aromatic nitrogens is 1. The maximum atomic E-state index is 12.9. The van der Waals surface area contributed by atoms with Crippen LogP contribution in [0.3, 0.4) is 0 Å². The summed E-state index contributed by atoms with van der Waals surface area (Å²) in [5, 5.41) is 7.60. The quantitative estimate of drug-likeness (QED) is 0.464. The van der Waals surface area contributed by atoms with Gasteiger partial charge in [0.15, 0.2) is 0 Å². The predicted octanol–water partition coefficient (Wildman–Crippen LogP) is 3.26. The highest BCUT2D eigenvalue weighted by Gasteiger charge is 2.19. The van der Waals surface area contributed by atoms with Crippen molar-refractivity contribution in [3.05, 3.63) is 100.0 Å². The molecule has 1 aliphatic rings. The number of rotatable bonds is 4. The lowest BCUT2D eigenvalue weighted by molar-refractivity contribution is 0.0773. The van der Waals surface area contributed by atoms with E-state index in [-0.39, 0.29) is 17.3 Å². The Morgan fingerprint density at radius 3 is 2.43 bits per heavy atom. The Kier molecular flexibility index (Phi) is 5.30. The Morgan fingerprint density at radius 1 is 0.967 bits per heavy atom. The topological polar surface area (TPSA) is 103 Å². The lowest BCUT2D eigenvalue weighted by atomic mass is 9.97. The lowest BCUT2D eigenvalue weighted by Crippen LogP contribution is -2.34. The summed E-state index contributed by atoms with van der Waals surface area (Å²) in [7, 11) is 0. The second kappa shape index (κ2) is 8.21. The van der Waals surface area contributed by atoms with E-state index in [0.29, 0.717) is 24.2 Å². The Balaban J connectivity index is 1.47. The summed E-state index contributed by atoms with van der Waals surface area (Å²) >= 11 is 0. The molecule has 2 aromatic carbocycles. The van der Waals surface area contributed by atoms with Crippen LogP contribution in [0.25, 0.3) is 16.7 Å². The molecule has 0 unspecified atom stereocenters. The number of nitrogens with zero attached hydrogens (tertiary/aromatic N) is 1. The van der Waals surface area contributed by atoms with Crippen LogP contribution in [-0.4, -0.2) is 34.7 Å². The van der Waals surface area contributed by atoms with E-state index in [1.54, 1.807) is 18.3 Å². The normalized spacial score (nSPS) is 13.6. The average molecular weight is 398 g/mol. The smallest absolute Gasteiger partial charge is 0.254 e. The first-order valence-corrected chi connectivity index (χ1v) is 9.73. The van der Waals surface area contributed by atoms with Crippen LogP contribution in [0, 0.1) is 5.41 Å². The van der Waals surface area contributed by atoms with Crippen molar-refractivity contribution in [3.8, 4) is 11.1 Å². The van der Waals surface area contributed by atoms with Gasteiger partial charge in [-0.3, -0.25) is 15.0 Å². The minimum absolute atomic E-state index is 0.0137. The second-order valence-corrected chi connectivity index (χ2v) is 7.24. The number of carbonyl (C=O) groups is 1. The van der Waals surface area contributed by atoms with Crippen LogP contribution in [0.15, 0.2) is 77.7 Å². The molecule has 4 rings (SSSR count). The third kappa shape index (κ3) is 4.07. The predicted molar refractivity (Wildman–Crippen MR) is 118 cm³/mol. The molecule has 0 atom stereocenters. The largest absolute Gasteiger partial charge is 0.384 e. The Bertz CT molecular complexity index is 1190. The zero-order valence-electron chi connectivity index (χ0n) is 16.4. The first-order valence-electron chi connectivity index (χ1n) is 9.73. The molecule has 0 aliphatic carbocycles. The van der Waals surface area contributed by atoms with Crippen LogP contribution in [0.1, 0.15) is 27.9 Å². The fourth-order valence-corrected chi connectivity index (χ4v) is 3.61. The number of aromatic amines is 1. The van der Waals surface area contributed by atoms with Gasteiger partial charge in [-0.1, -0.05) is 36.4 Å². The number of benzene rings is 2. The molecule has 3 aromatic rings. The first-order chi connectivity index (χ1) is 14.5. The molecule has 0 fully saturated rings. The minimum Gasteiger partial charge on any atom is -0.384 e. The third-order valence-corrected chi connectivity index (χ3v) is 5.28. The van der Waals surface area contributed by atoms with Gasteiger partial charge < -0.3 is 15.6 Å². The first kappa shape index (κ1) is 19.4. The highest BCUT2D eigenvalue weighted by molar-refractivity contribution is 5.96. The van der Waals surface area contributed by atoms with Gasteiger partial charge in [-0.05, 0) is 52.9 Å².